The Morgan fingerprint density at radius 3 is 2.51 bits per heavy atom. The molecular formula is C30H39ClN5O6P. The first-order valence-corrected chi connectivity index (χ1v) is 16.1. The highest BCUT2D eigenvalue weighted by atomic mass is 35.5. The molecule has 2 aromatic heterocycles. The second-order valence-electron chi connectivity index (χ2n) is 12.1. The van der Waals surface area contributed by atoms with E-state index >= 15 is 0 Å². The Kier molecular flexibility index (Phi) is 9.32. The van der Waals surface area contributed by atoms with E-state index in [1.807, 2.05) is 36.6 Å². The van der Waals surface area contributed by atoms with Gasteiger partial charge >= 0.3 is 7.82 Å². The molecule has 0 fully saturated rings. The van der Waals surface area contributed by atoms with Gasteiger partial charge in [-0.1, -0.05) is 39.3 Å². The second-order valence-corrected chi connectivity index (χ2v) is 13.6. The van der Waals surface area contributed by atoms with E-state index in [9.17, 15) is 24.3 Å². The van der Waals surface area contributed by atoms with Gasteiger partial charge in [-0.3, -0.25) is 14.6 Å². The summed E-state index contributed by atoms with van der Waals surface area (Å²) in [7, 11) is -4.79. The smallest absolute Gasteiger partial charge is 0.508 e. The van der Waals surface area contributed by atoms with E-state index in [4.69, 9.17) is 31.8 Å². The summed E-state index contributed by atoms with van der Waals surface area (Å²) in [5.74, 6) is 0.566. The molecule has 43 heavy (non-hydrogen) atoms. The summed E-state index contributed by atoms with van der Waals surface area (Å²) in [4.78, 5) is 40.1. The summed E-state index contributed by atoms with van der Waals surface area (Å²) in [5.41, 5.74) is 8.98. The molecule has 6 N–H and O–H groups in total. The number of halogens is 1. The monoisotopic (exact) mass is 631 g/mol. The van der Waals surface area contributed by atoms with Gasteiger partial charge in [0, 0.05) is 22.9 Å². The lowest BCUT2D eigenvalue weighted by atomic mass is 9.75. The summed E-state index contributed by atoms with van der Waals surface area (Å²) < 4.78 is 18.2. The van der Waals surface area contributed by atoms with Gasteiger partial charge in [-0.25, -0.2) is 14.5 Å². The van der Waals surface area contributed by atoms with Crippen LogP contribution in [0.5, 0.6) is 11.5 Å². The van der Waals surface area contributed by atoms with Crippen molar-refractivity contribution in [3.63, 3.8) is 0 Å². The molecule has 0 saturated heterocycles. The van der Waals surface area contributed by atoms with Crippen LogP contribution < -0.4 is 15.6 Å². The van der Waals surface area contributed by atoms with E-state index in [0.717, 1.165) is 35.1 Å². The molecule has 0 bridgehead atoms. The predicted molar refractivity (Wildman–Crippen MR) is 169 cm³/mol. The molecule has 0 aliphatic rings. The van der Waals surface area contributed by atoms with Gasteiger partial charge in [-0.15, -0.1) is 11.6 Å². The minimum atomic E-state index is -4.79. The zero-order chi connectivity index (χ0) is 31.7. The number of carbonyl (C=O) groups excluding carboxylic acids is 1. The van der Waals surface area contributed by atoms with Gasteiger partial charge in [0.1, 0.15) is 28.7 Å². The van der Waals surface area contributed by atoms with Crippen molar-refractivity contribution in [1.29, 1.82) is 0 Å². The number of carbonyl (C=O) groups is 1. The van der Waals surface area contributed by atoms with Crippen LogP contribution >= 0.6 is 19.4 Å². The minimum Gasteiger partial charge on any atom is -0.508 e. The molecule has 0 saturated carbocycles. The number of nitrogens with two attached hydrogens (primary N) is 1. The fraction of sp³-hybridized carbons (Fsp3) is 0.433. The first kappa shape index (κ1) is 32.5. The first-order chi connectivity index (χ1) is 20.0. The molecular weight excluding hydrogens is 593 g/mol. The fourth-order valence-electron chi connectivity index (χ4n) is 5.79. The van der Waals surface area contributed by atoms with Gasteiger partial charge in [0.15, 0.2) is 5.82 Å². The Hall–Kier alpha value is -3.37. The summed E-state index contributed by atoms with van der Waals surface area (Å²) in [6.07, 6.45) is 3.10. The normalized spacial score (nSPS) is 12.7. The molecule has 2 aromatic carbocycles. The van der Waals surface area contributed by atoms with Crippen LogP contribution in [-0.4, -0.2) is 46.8 Å². The van der Waals surface area contributed by atoms with Crippen LogP contribution in [0.1, 0.15) is 70.8 Å². The molecule has 0 aliphatic carbocycles. The van der Waals surface area contributed by atoms with E-state index in [-0.39, 0.29) is 41.1 Å². The molecule has 0 radical (unpaired) electrons. The highest BCUT2D eigenvalue weighted by Gasteiger charge is 2.32. The molecule has 0 atom stereocenters. The minimum absolute atomic E-state index is 0.0550. The molecule has 4 aromatic rings. The van der Waals surface area contributed by atoms with Crippen molar-refractivity contribution in [3.05, 3.63) is 53.3 Å². The summed E-state index contributed by atoms with van der Waals surface area (Å²) in [6, 6.07) is 10.1. The highest BCUT2D eigenvalue weighted by Crippen LogP contribution is 2.40. The number of unbranched alkanes of at least 4 members (excludes halogenated alkanes) is 1. The van der Waals surface area contributed by atoms with Gasteiger partial charge < -0.3 is 25.2 Å². The number of phosphoric acid groups is 1. The van der Waals surface area contributed by atoms with Crippen molar-refractivity contribution in [1.82, 2.24) is 19.9 Å². The number of nitrogens with zero attached hydrogens (tertiary/aromatic N) is 3. The average molecular weight is 632 g/mol. The van der Waals surface area contributed by atoms with Crippen molar-refractivity contribution in [3.8, 4) is 11.5 Å². The number of alkyl halides is 1. The van der Waals surface area contributed by atoms with Gasteiger partial charge in [-0.2, -0.15) is 0 Å². The first-order valence-electron chi connectivity index (χ1n) is 14.1. The highest BCUT2D eigenvalue weighted by molar-refractivity contribution is 7.46. The summed E-state index contributed by atoms with van der Waals surface area (Å²) >= 11 is 5.72. The van der Waals surface area contributed by atoms with Crippen LogP contribution in [0.15, 0.2) is 36.4 Å². The Morgan fingerprint density at radius 2 is 1.86 bits per heavy atom. The maximum absolute atomic E-state index is 12.0. The van der Waals surface area contributed by atoms with Crippen LogP contribution in [0.4, 0.5) is 5.82 Å². The van der Waals surface area contributed by atoms with Gasteiger partial charge in [-0.05, 0) is 61.9 Å². The molecule has 4 rings (SSSR count). The average Bonchev–Trinajstić information content (AvgIpc) is 3.26. The van der Waals surface area contributed by atoms with E-state index < -0.39 is 13.4 Å². The van der Waals surface area contributed by atoms with Gasteiger partial charge in [0.2, 0.25) is 5.91 Å². The van der Waals surface area contributed by atoms with Gasteiger partial charge in [0.05, 0.1) is 17.6 Å². The third-order valence-electron chi connectivity index (χ3n) is 7.41. The Balaban J connectivity index is 1.84. The second kappa shape index (κ2) is 12.3. The molecule has 1 amide bonds. The van der Waals surface area contributed by atoms with E-state index in [1.54, 1.807) is 0 Å². The Morgan fingerprint density at radius 1 is 1.14 bits per heavy atom. The quantitative estimate of drug-likeness (QED) is 0.0994. The van der Waals surface area contributed by atoms with E-state index in [2.05, 4.69) is 26.1 Å². The fourth-order valence-corrected chi connectivity index (χ4v) is 6.24. The maximum Gasteiger partial charge on any atom is 0.524 e. The molecule has 0 unspecified atom stereocenters. The number of hydrogen-bond acceptors (Lipinski definition) is 7. The number of rotatable bonds is 12. The topological polar surface area (TPSA) is 173 Å². The Labute approximate surface area is 255 Å². The number of anilines is 1. The van der Waals surface area contributed by atoms with Crippen molar-refractivity contribution in [2.45, 2.75) is 77.8 Å². The number of phosphoric ester groups is 1. The summed E-state index contributed by atoms with van der Waals surface area (Å²) in [6.45, 7) is 10.4. The maximum atomic E-state index is 12.0. The largest absolute Gasteiger partial charge is 0.524 e. The van der Waals surface area contributed by atoms with Crippen molar-refractivity contribution >= 4 is 53.1 Å². The number of aryl methyl sites for hydroxylation is 1. The number of phenolic OH excluding ortho intramolecular Hbond substituents is 1. The van der Waals surface area contributed by atoms with Crippen molar-refractivity contribution in [2.75, 3.05) is 11.6 Å². The predicted octanol–water partition coefficient (Wildman–Crippen LogP) is 5.54. The number of fused-ring (bicyclic) bond motifs is 3. The molecule has 13 heteroatoms. The number of amides is 1. The number of nitrogens with one attached hydrogen (secondary N) is 1. The van der Waals surface area contributed by atoms with Crippen LogP contribution in [-0.2, 0) is 27.7 Å². The third kappa shape index (κ3) is 7.59. The van der Waals surface area contributed by atoms with Crippen LogP contribution in [0.3, 0.4) is 0 Å². The van der Waals surface area contributed by atoms with Crippen LogP contribution in [0.2, 0.25) is 0 Å². The molecule has 0 spiro atoms. The number of aromatic hydroxyl groups is 1. The van der Waals surface area contributed by atoms with Crippen LogP contribution in [0, 0.1) is 0 Å². The number of hydrogen-bond donors (Lipinski definition) is 5. The van der Waals surface area contributed by atoms with E-state index in [0.29, 0.717) is 29.4 Å². The number of nitrogen functional groups attached to an aromatic ring is 1. The van der Waals surface area contributed by atoms with Crippen molar-refractivity contribution in [2.24, 2.45) is 0 Å². The summed E-state index contributed by atoms with van der Waals surface area (Å²) in [5, 5.41) is 14.5. The number of phenols is 1. The van der Waals surface area contributed by atoms with Gasteiger partial charge in [0.25, 0.3) is 0 Å². The number of benzene rings is 2. The number of aromatic nitrogens is 3. The zero-order valence-corrected chi connectivity index (χ0v) is 26.7. The lowest BCUT2D eigenvalue weighted by Crippen LogP contribution is -2.47. The Bertz CT molecular complexity index is 1710. The molecule has 2 heterocycles. The molecule has 232 valence electrons. The lowest BCUT2D eigenvalue weighted by Gasteiger charge is -2.36. The number of imidazole rings is 1. The van der Waals surface area contributed by atoms with Crippen LogP contribution in [0.25, 0.3) is 21.9 Å². The van der Waals surface area contributed by atoms with E-state index in [1.165, 1.54) is 18.2 Å². The number of pyridine rings is 1. The lowest BCUT2D eigenvalue weighted by molar-refractivity contribution is -0.120. The molecule has 0 aliphatic heterocycles. The zero-order valence-electron chi connectivity index (χ0n) is 25.0. The van der Waals surface area contributed by atoms with Crippen molar-refractivity contribution < 1.29 is 28.8 Å². The third-order valence-corrected chi connectivity index (χ3v) is 8.10. The SMILES string of the molecule is CCCCc1nc2c(N)nc3cc(C(C)(C)CC(C)(C)NC(=O)CCl)ccc3c2n1Cc1cc(OP(=O)(O)O)ccc1O. The standard InChI is InChI=1S/C30H39ClN5O6P/c1-6-7-8-24-34-26-27(36(24)16-18-13-20(10-12-23(18)37)42-43(39,40)41)21-11-9-19(14-22(21)33-28(26)32)29(2,3)17-30(4,5)35-25(38)15-31/h9-14,37H,6-8,15-17H2,1-5H3,(H2,32,33)(H,35,38)(H2,39,40,41). The molecule has 11 nitrogen and oxygen atoms in total.